The molecule has 3 amide bonds. The minimum atomic E-state index is -1.29. The van der Waals surface area contributed by atoms with Crippen LogP contribution in [0.1, 0.15) is 18.2 Å². The molecule has 0 unspecified atom stereocenters. The van der Waals surface area contributed by atoms with E-state index in [1.807, 2.05) is 6.07 Å². The number of amides is 3. The van der Waals surface area contributed by atoms with Gasteiger partial charge in [-0.2, -0.15) is 4.98 Å². The van der Waals surface area contributed by atoms with Crippen LogP contribution in [0.3, 0.4) is 0 Å². The van der Waals surface area contributed by atoms with E-state index >= 15 is 0 Å². The van der Waals surface area contributed by atoms with Gasteiger partial charge in [0.05, 0.1) is 45.0 Å². The second-order valence-electron chi connectivity index (χ2n) is 11.8. The highest BCUT2D eigenvalue weighted by molar-refractivity contribution is 6.00. The zero-order valence-electron chi connectivity index (χ0n) is 28.2. The number of fused-ring (bicyclic) bond motifs is 1. The van der Waals surface area contributed by atoms with Crippen LogP contribution in [0, 0.1) is 0 Å². The van der Waals surface area contributed by atoms with Crippen LogP contribution in [0.5, 0.6) is 5.75 Å². The summed E-state index contributed by atoms with van der Waals surface area (Å²) in [5, 5.41) is 37.0. The molecule has 0 spiro atoms. The Morgan fingerprint density at radius 3 is 2.64 bits per heavy atom. The monoisotopic (exact) mass is 735 g/mol. The van der Waals surface area contributed by atoms with Crippen LogP contribution in [0.25, 0.3) is 22.5 Å². The van der Waals surface area contributed by atoms with Crippen molar-refractivity contribution in [3.8, 4) is 17.1 Å². The Labute approximate surface area is 299 Å². The number of hydrogen-bond donors (Lipinski definition) is 8. The molecule has 2 aromatic carbocycles. The van der Waals surface area contributed by atoms with Gasteiger partial charge in [0.1, 0.15) is 30.2 Å². The second-order valence-corrected chi connectivity index (χ2v) is 11.8. The summed E-state index contributed by atoms with van der Waals surface area (Å²) >= 11 is 0. The van der Waals surface area contributed by atoms with E-state index in [9.17, 15) is 24.6 Å². The van der Waals surface area contributed by atoms with Gasteiger partial charge in [0.2, 0.25) is 5.95 Å². The van der Waals surface area contributed by atoms with Crippen LogP contribution >= 0.6 is 0 Å². The predicted octanol–water partition coefficient (Wildman–Crippen LogP) is 1.32. The molecule has 53 heavy (non-hydrogen) atoms. The topological polar surface area (TPSA) is 283 Å². The molecule has 0 radical (unpaired) electrons. The number of hydrogen-bond acceptors (Lipinski definition) is 15. The minimum absolute atomic E-state index is 0.0388. The molecule has 5 aromatic rings. The van der Waals surface area contributed by atoms with Gasteiger partial charge < -0.3 is 60.4 Å². The van der Waals surface area contributed by atoms with Crippen LogP contribution in [-0.2, 0) is 20.8 Å². The van der Waals surface area contributed by atoms with Crippen LogP contribution in [-0.4, -0.2) is 103 Å². The van der Waals surface area contributed by atoms with Crippen molar-refractivity contribution in [2.24, 2.45) is 0 Å². The van der Waals surface area contributed by atoms with Gasteiger partial charge in [0, 0.05) is 30.4 Å². The molecule has 0 aliphatic carbocycles. The fraction of sp³-hybridized carbons (Fsp3) is 0.333. The average Bonchev–Trinajstić information content (AvgIpc) is 3.98. The van der Waals surface area contributed by atoms with Gasteiger partial charge in [-0.25, -0.2) is 19.6 Å². The number of carbonyl (C=O) groups excluding carboxylic acids is 2. The Kier molecular flexibility index (Phi) is 11.4. The van der Waals surface area contributed by atoms with Gasteiger partial charge in [-0.3, -0.25) is 14.3 Å². The first-order chi connectivity index (χ1) is 25.6. The molecule has 20 heteroatoms. The van der Waals surface area contributed by atoms with E-state index in [4.69, 9.17) is 34.2 Å². The number of nitrogens with one attached hydrogen (secondary N) is 4. The first kappa shape index (κ1) is 36.7. The second kappa shape index (κ2) is 16.5. The highest BCUT2D eigenvalue weighted by Crippen LogP contribution is 2.33. The van der Waals surface area contributed by atoms with Crippen molar-refractivity contribution in [2.45, 2.75) is 43.6 Å². The Morgan fingerprint density at radius 2 is 1.94 bits per heavy atom. The number of nitrogens with zero attached hydrogens (tertiary/aromatic N) is 4. The number of aromatic amines is 1. The normalized spacial score (nSPS) is 20.7. The largest absolute Gasteiger partial charge is 0.496 e. The molecule has 2 aliphatic heterocycles. The molecule has 5 heterocycles. The van der Waals surface area contributed by atoms with Gasteiger partial charge in [0.25, 0.3) is 5.56 Å². The summed E-state index contributed by atoms with van der Waals surface area (Å²) in [6.07, 6.45) is -0.284. The first-order valence-corrected chi connectivity index (χ1v) is 16.2. The number of urea groups is 1. The zero-order valence-corrected chi connectivity index (χ0v) is 28.2. The van der Waals surface area contributed by atoms with Gasteiger partial charge in [-0.1, -0.05) is 12.1 Å². The molecule has 20 nitrogen and oxygen atoms in total. The Bertz CT molecular complexity index is 2080. The molecular weight excluding hydrogens is 698 g/mol. The maximum Gasteiger partial charge on any atom is 0.407 e. The quantitative estimate of drug-likeness (QED) is 0.106. The smallest absolute Gasteiger partial charge is 0.407 e. The molecule has 0 bridgehead atoms. The molecular formula is C33H37N9O11. The van der Waals surface area contributed by atoms with Gasteiger partial charge in [-0.05, 0) is 29.8 Å². The first-order valence-electron chi connectivity index (χ1n) is 16.2. The number of anilines is 3. The molecule has 7 rings (SSSR count). The summed E-state index contributed by atoms with van der Waals surface area (Å²) in [6.45, 7) is 0.851. The number of ether oxygens (including phenoxy) is 4. The zero-order chi connectivity index (χ0) is 37.5. The number of H-pyrrole nitrogens is 1. The van der Waals surface area contributed by atoms with E-state index in [0.29, 0.717) is 42.5 Å². The van der Waals surface area contributed by atoms with E-state index < -0.39 is 48.8 Å². The van der Waals surface area contributed by atoms with Gasteiger partial charge in [0.15, 0.2) is 29.5 Å². The number of benzene rings is 2. The molecule has 3 aromatic heterocycles. The van der Waals surface area contributed by atoms with E-state index in [1.54, 1.807) is 42.6 Å². The predicted molar refractivity (Wildman–Crippen MR) is 186 cm³/mol. The molecule has 5 atom stereocenters. The number of imidazole rings is 1. The Hall–Kier alpha value is -6.06. The fourth-order valence-corrected chi connectivity index (χ4v) is 5.59. The van der Waals surface area contributed by atoms with Crippen molar-refractivity contribution < 1.29 is 48.3 Å². The summed E-state index contributed by atoms with van der Waals surface area (Å²) in [7, 11) is 1.54. The van der Waals surface area contributed by atoms with Gasteiger partial charge >= 0.3 is 12.1 Å². The number of oxazole rings is 1. The third kappa shape index (κ3) is 8.71. The Balaban J connectivity index is 0.000000204. The number of carbonyl (C=O) groups is 2. The number of nitrogen functional groups attached to an aromatic ring is 1. The van der Waals surface area contributed by atoms with E-state index in [-0.39, 0.29) is 29.8 Å². The third-order valence-electron chi connectivity index (χ3n) is 8.18. The molecule has 9 N–H and O–H groups in total. The maximum absolute atomic E-state index is 12.5. The van der Waals surface area contributed by atoms with Crippen molar-refractivity contribution >= 4 is 40.6 Å². The molecule has 2 aliphatic rings. The lowest BCUT2D eigenvalue weighted by Crippen LogP contribution is -2.33. The summed E-state index contributed by atoms with van der Waals surface area (Å²) in [5.74, 6) is 0.999. The fourth-order valence-electron chi connectivity index (χ4n) is 5.59. The summed E-state index contributed by atoms with van der Waals surface area (Å²) in [6, 6.07) is 11.9. The molecule has 280 valence electrons. The molecule has 2 fully saturated rings. The lowest BCUT2D eigenvalue weighted by atomic mass is 10.1. The summed E-state index contributed by atoms with van der Waals surface area (Å²) in [5.41, 5.74) is 7.77. The van der Waals surface area contributed by atoms with Crippen LogP contribution in [0.2, 0.25) is 0 Å². The van der Waals surface area contributed by atoms with Crippen molar-refractivity contribution in [3.63, 3.8) is 0 Å². The number of methoxy groups -OCH3 is 1. The highest BCUT2D eigenvalue weighted by atomic mass is 16.6. The number of rotatable bonds is 9. The van der Waals surface area contributed by atoms with E-state index in [0.717, 1.165) is 11.1 Å². The van der Waals surface area contributed by atoms with Crippen molar-refractivity contribution in [1.82, 2.24) is 29.8 Å². The number of nitrogens with two attached hydrogens (primary N) is 1. The standard InChI is InChI=1S/C23H24N4O6.C10H13N5O5/c1-30-20-10-17(5-6-19(20)21-12-24-14-32-21)27-22(28)26-16-4-2-3-15(9-16)11-25-23(29)33-18-7-8-31-13-18;11-10-13-7-4(8(19)14-10)12-2-15(7)9-6(18)5(17)3(1-16)20-9/h2-6,9-10,12,14,18H,7-8,11,13H2,1H3,(H,25,29)(H2,26,27,28);2-3,5-6,9,16-18H,1H2,(H3,11,13,14,19)/t18-;3-,5-,6-,9-/m01/s1. The summed E-state index contributed by atoms with van der Waals surface area (Å²) in [4.78, 5) is 50.0. The van der Waals surface area contributed by atoms with Crippen molar-refractivity contribution in [1.29, 1.82) is 0 Å². The number of aliphatic hydroxyl groups excluding tert-OH is 3. The van der Waals surface area contributed by atoms with Crippen molar-refractivity contribution in [3.05, 3.63) is 77.3 Å². The summed E-state index contributed by atoms with van der Waals surface area (Å²) < 4.78 is 27.8. The maximum atomic E-state index is 12.5. The lowest BCUT2D eigenvalue weighted by molar-refractivity contribution is -0.0511. The van der Waals surface area contributed by atoms with Crippen molar-refractivity contribution in [2.75, 3.05) is 43.3 Å². The number of aliphatic hydroxyl groups is 3. The van der Waals surface area contributed by atoms with E-state index in [1.165, 1.54) is 24.4 Å². The van der Waals surface area contributed by atoms with Gasteiger partial charge in [-0.15, -0.1) is 0 Å². The number of alkyl carbamates (subject to hydrolysis) is 1. The van der Waals surface area contributed by atoms with E-state index in [2.05, 4.69) is 35.9 Å². The number of aromatic nitrogens is 5. The SMILES string of the molecule is COc1cc(NC(=O)Nc2cccc(CNC(=O)O[C@H]3CCOC3)c2)ccc1-c1cnco1.Nc1nc2c(ncn2[C@@H]2O[C@H](CO)[C@@H](O)[C@H]2O)c(=O)[nH]1. The molecule has 2 saturated heterocycles. The average molecular weight is 736 g/mol. The third-order valence-corrected chi connectivity index (χ3v) is 8.18. The Morgan fingerprint density at radius 1 is 1.13 bits per heavy atom. The minimum Gasteiger partial charge on any atom is -0.496 e. The van der Waals surface area contributed by atoms with Crippen LogP contribution in [0.4, 0.5) is 26.9 Å². The lowest BCUT2D eigenvalue weighted by Gasteiger charge is -2.16. The highest BCUT2D eigenvalue weighted by Gasteiger charge is 2.44. The molecule has 0 saturated carbocycles. The van der Waals surface area contributed by atoms with Crippen LogP contribution in [0.15, 0.2) is 70.6 Å². The van der Waals surface area contributed by atoms with Crippen LogP contribution < -0.4 is 32.0 Å².